The van der Waals surface area contributed by atoms with Crippen LogP contribution in [0.25, 0.3) is 0 Å². The number of esters is 1. The van der Waals surface area contributed by atoms with Gasteiger partial charge in [-0.05, 0) is 93.8 Å². The normalized spacial score (nSPS) is 42.3. The second-order valence-electron chi connectivity index (χ2n) is 12.1. The van der Waals surface area contributed by atoms with Crippen LogP contribution in [0.15, 0.2) is 0 Å². The van der Waals surface area contributed by atoms with Crippen molar-refractivity contribution < 1.29 is 9.53 Å². The largest absolute Gasteiger partial charge is 0.459 e. The fourth-order valence-electron chi connectivity index (χ4n) is 8.23. The molecule has 1 spiro atoms. The lowest BCUT2D eigenvalue weighted by Crippen LogP contribution is -2.89. The zero-order valence-corrected chi connectivity index (χ0v) is 18.4. The zero-order chi connectivity index (χ0) is 19.3. The molecule has 26 heavy (non-hydrogen) atoms. The van der Waals surface area contributed by atoms with Crippen molar-refractivity contribution in [1.29, 1.82) is 0 Å². The van der Waals surface area contributed by atoms with Crippen molar-refractivity contribution in [2.24, 2.45) is 45.3 Å². The monoisotopic (exact) mass is 360 g/mol. The average Bonchev–Trinajstić information content (AvgIpc) is 2.42. The predicted molar refractivity (Wildman–Crippen MR) is 106 cm³/mol. The molecule has 2 nitrogen and oxygen atoms in total. The van der Waals surface area contributed by atoms with E-state index in [0.717, 1.165) is 30.6 Å². The Morgan fingerprint density at radius 3 is 1.96 bits per heavy atom. The highest BCUT2D eigenvalue weighted by Crippen LogP contribution is 2.95. The fourth-order valence-corrected chi connectivity index (χ4v) is 8.23. The Labute approximate surface area is 160 Å². The van der Waals surface area contributed by atoms with Crippen molar-refractivity contribution in [3.63, 3.8) is 0 Å². The maximum absolute atomic E-state index is 13.6. The number of carbonyl (C=O) groups is 1. The van der Waals surface area contributed by atoms with Gasteiger partial charge in [0.2, 0.25) is 0 Å². The number of hydrogen-bond acceptors (Lipinski definition) is 2. The first-order valence-electron chi connectivity index (χ1n) is 11.1. The quantitative estimate of drug-likeness (QED) is 0.503. The van der Waals surface area contributed by atoms with Crippen LogP contribution >= 0.6 is 0 Å². The van der Waals surface area contributed by atoms with Gasteiger partial charge in [0.15, 0.2) is 0 Å². The Bertz CT molecular complexity index is 603. The molecule has 4 fully saturated rings. The van der Waals surface area contributed by atoms with E-state index >= 15 is 0 Å². The van der Waals surface area contributed by atoms with Gasteiger partial charge >= 0.3 is 5.97 Å². The molecule has 4 aliphatic rings. The highest BCUT2D eigenvalue weighted by atomic mass is 16.6. The summed E-state index contributed by atoms with van der Waals surface area (Å²) in [5, 5.41) is 0. The maximum Gasteiger partial charge on any atom is 0.312 e. The molecule has 0 aromatic rings. The van der Waals surface area contributed by atoms with Crippen LogP contribution in [0, 0.1) is 45.3 Å². The highest BCUT2D eigenvalue weighted by molar-refractivity contribution is 5.78. The number of ether oxygens (including phenoxy) is 1. The molecule has 3 atom stereocenters. The molecule has 4 saturated carbocycles. The molecule has 0 heterocycles. The molecule has 0 radical (unpaired) electrons. The Morgan fingerprint density at radius 1 is 1.04 bits per heavy atom. The molecule has 0 N–H and O–H groups in total. The predicted octanol–water partition coefficient (Wildman–Crippen LogP) is 6.23. The molecule has 4 rings (SSSR count). The van der Waals surface area contributed by atoms with Gasteiger partial charge in [0.25, 0.3) is 0 Å². The molecule has 0 bridgehead atoms. The molecule has 2 heteroatoms. The number of carbonyl (C=O) groups excluding carboxylic acids is 1. The van der Waals surface area contributed by atoms with Crippen molar-refractivity contribution in [1.82, 2.24) is 0 Å². The van der Waals surface area contributed by atoms with Gasteiger partial charge in [-0.25, -0.2) is 0 Å². The van der Waals surface area contributed by atoms with Crippen LogP contribution in [0.1, 0.15) is 93.9 Å². The van der Waals surface area contributed by atoms with E-state index in [1.807, 2.05) is 0 Å². The van der Waals surface area contributed by atoms with E-state index in [1.54, 1.807) is 0 Å². The van der Waals surface area contributed by atoms with E-state index in [-0.39, 0.29) is 17.0 Å². The summed E-state index contributed by atoms with van der Waals surface area (Å²) in [6.07, 6.45) is 7.41. The molecule has 0 aliphatic heterocycles. The molecular formula is C24H40O2. The minimum atomic E-state index is -0.424. The number of hydrogen-bond donors (Lipinski definition) is 0. The van der Waals surface area contributed by atoms with Gasteiger partial charge in [-0.1, -0.05) is 34.6 Å². The molecular weight excluding hydrogens is 320 g/mol. The lowest BCUT2D eigenvalue weighted by molar-refractivity contribution is -0.465. The first kappa shape index (κ1) is 18.8. The molecule has 0 aromatic heterocycles. The molecule has 4 aliphatic carbocycles. The van der Waals surface area contributed by atoms with Gasteiger partial charge in [-0.15, -0.1) is 0 Å². The third-order valence-corrected chi connectivity index (χ3v) is 10.3. The van der Waals surface area contributed by atoms with E-state index in [1.165, 1.54) is 25.7 Å². The molecule has 148 valence electrons. The van der Waals surface area contributed by atoms with Crippen LogP contribution < -0.4 is 0 Å². The van der Waals surface area contributed by atoms with Crippen molar-refractivity contribution in [2.75, 3.05) is 0 Å². The Hall–Kier alpha value is -0.530. The molecule has 0 aromatic carbocycles. The molecule has 0 amide bonds. The summed E-state index contributed by atoms with van der Waals surface area (Å²) in [4.78, 5) is 13.6. The van der Waals surface area contributed by atoms with E-state index < -0.39 is 5.41 Å². The van der Waals surface area contributed by atoms with Crippen molar-refractivity contribution in [3.8, 4) is 0 Å². The Balaban J connectivity index is 1.56. The fraction of sp³-hybridized carbons (Fsp3) is 0.958. The second-order valence-corrected chi connectivity index (χ2v) is 12.1. The summed E-state index contributed by atoms with van der Waals surface area (Å²) in [5.74, 6) is 3.39. The summed E-state index contributed by atoms with van der Waals surface area (Å²) in [6, 6.07) is 0. The molecule has 3 unspecified atom stereocenters. The van der Waals surface area contributed by atoms with Gasteiger partial charge < -0.3 is 4.74 Å². The van der Waals surface area contributed by atoms with Crippen LogP contribution in [-0.4, -0.2) is 11.6 Å². The lowest BCUT2D eigenvalue weighted by atomic mass is 9.11. The van der Waals surface area contributed by atoms with E-state index in [4.69, 9.17) is 4.74 Å². The van der Waals surface area contributed by atoms with Crippen LogP contribution in [-0.2, 0) is 9.53 Å². The van der Waals surface area contributed by atoms with Gasteiger partial charge in [0.05, 0.1) is 5.41 Å². The topological polar surface area (TPSA) is 26.3 Å². The summed E-state index contributed by atoms with van der Waals surface area (Å²) < 4.78 is 6.50. The summed E-state index contributed by atoms with van der Waals surface area (Å²) in [6.45, 7) is 17.8. The third kappa shape index (κ3) is 1.79. The summed E-state index contributed by atoms with van der Waals surface area (Å²) in [7, 11) is 0. The van der Waals surface area contributed by atoms with Gasteiger partial charge in [-0.3, -0.25) is 4.79 Å². The minimum absolute atomic E-state index is 0.0518. The van der Waals surface area contributed by atoms with Crippen molar-refractivity contribution >= 4 is 5.97 Å². The van der Waals surface area contributed by atoms with E-state index in [0.29, 0.717) is 16.7 Å². The smallest absolute Gasteiger partial charge is 0.312 e. The van der Waals surface area contributed by atoms with Gasteiger partial charge in [0, 0.05) is 5.41 Å². The standard InChI is InChI=1S/C24H40O2/c1-9-20(4,5)22(8,12-15(2)3)19(25)26-21(6,7)23-13-17-10-16-11-18(14-23)24(16,17)23/h15-18H,9-14H2,1-8H3. The lowest BCUT2D eigenvalue weighted by Gasteiger charge is -2.93. The summed E-state index contributed by atoms with van der Waals surface area (Å²) in [5.41, 5.74) is 0.0809. The Morgan fingerprint density at radius 2 is 1.58 bits per heavy atom. The van der Waals surface area contributed by atoms with Crippen LogP contribution in [0.5, 0.6) is 0 Å². The minimum Gasteiger partial charge on any atom is -0.459 e. The zero-order valence-electron chi connectivity index (χ0n) is 18.4. The Kier molecular flexibility index (Phi) is 3.68. The summed E-state index contributed by atoms with van der Waals surface area (Å²) >= 11 is 0. The second kappa shape index (κ2) is 5.09. The van der Waals surface area contributed by atoms with Crippen molar-refractivity contribution in [3.05, 3.63) is 0 Å². The van der Waals surface area contributed by atoms with E-state index in [2.05, 4.69) is 55.4 Å². The van der Waals surface area contributed by atoms with Crippen LogP contribution in [0.4, 0.5) is 0 Å². The third-order valence-electron chi connectivity index (χ3n) is 10.3. The van der Waals surface area contributed by atoms with Crippen LogP contribution in [0.2, 0.25) is 0 Å². The first-order chi connectivity index (χ1) is 11.9. The SMILES string of the molecule is CCC(C)(C)C(C)(CC(C)C)C(=O)OC(C)(C)C12CC3CC4CC(C1)C432. The highest BCUT2D eigenvalue weighted by Gasteiger charge is 2.90. The molecule has 0 saturated heterocycles. The van der Waals surface area contributed by atoms with Gasteiger partial charge in [-0.2, -0.15) is 0 Å². The average molecular weight is 361 g/mol. The van der Waals surface area contributed by atoms with Gasteiger partial charge in [0.1, 0.15) is 5.60 Å². The van der Waals surface area contributed by atoms with E-state index in [9.17, 15) is 4.79 Å². The van der Waals surface area contributed by atoms with Crippen LogP contribution in [0.3, 0.4) is 0 Å². The van der Waals surface area contributed by atoms with Crippen molar-refractivity contribution in [2.45, 2.75) is 99.5 Å². The number of rotatable bonds is 7. The first-order valence-corrected chi connectivity index (χ1v) is 11.1. The maximum atomic E-state index is 13.6.